The van der Waals surface area contributed by atoms with Crippen LogP contribution in [0.3, 0.4) is 0 Å². The minimum atomic E-state index is 0.0738. The highest BCUT2D eigenvalue weighted by atomic mass is 35.5. The van der Waals surface area contributed by atoms with E-state index < -0.39 is 0 Å². The van der Waals surface area contributed by atoms with Crippen molar-refractivity contribution in [2.75, 3.05) is 6.61 Å². The van der Waals surface area contributed by atoms with Crippen molar-refractivity contribution in [3.8, 4) is 5.75 Å². The standard InChI is InChI=1S/C16H24ClNO/c1-16(2,3)18-10-13-14(17)8-5-9-15(13)19-11-12-6-4-7-12/h5,8-9,12,18H,4,6-7,10-11H2,1-3H3. The number of nitrogens with one attached hydrogen (secondary N) is 1. The van der Waals surface area contributed by atoms with Crippen LogP contribution in [0.2, 0.25) is 5.02 Å². The first-order valence-electron chi connectivity index (χ1n) is 7.11. The zero-order valence-electron chi connectivity index (χ0n) is 12.1. The number of hydrogen-bond donors (Lipinski definition) is 1. The van der Waals surface area contributed by atoms with Crippen molar-refractivity contribution >= 4 is 11.6 Å². The van der Waals surface area contributed by atoms with Crippen molar-refractivity contribution in [3.63, 3.8) is 0 Å². The van der Waals surface area contributed by atoms with Crippen molar-refractivity contribution in [1.82, 2.24) is 5.32 Å². The fourth-order valence-electron chi connectivity index (χ4n) is 2.07. The van der Waals surface area contributed by atoms with Crippen LogP contribution < -0.4 is 10.1 Å². The fraction of sp³-hybridized carbons (Fsp3) is 0.625. The third-order valence-electron chi connectivity index (χ3n) is 3.57. The maximum absolute atomic E-state index is 6.30. The molecule has 0 atom stereocenters. The van der Waals surface area contributed by atoms with Crippen LogP contribution in [-0.4, -0.2) is 12.1 Å². The van der Waals surface area contributed by atoms with Crippen LogP contribution in [0.15, 0.2) is 18.2 Å². The molecular formula is C16H24ClNO. The molecule has 0 bridgehead atoms. The van der Waals surface area contributed by atoms with Gasteiger partial charge >= 0.3 is 0 Å². The molecule has 1 saturated carbocycles. The number of hydrogen-bond acceptors (Lipinski definition) is 2. The molecule has 1 aliphatic carbocycles. The van der Waals surface area contributed by atoms with Gasteiger partial charge in [0, 0.05) is 22.7 Å². The maximum Gasteiger partial charge on any atom is 0.125 e. The smallest absolute Gasteiger partial charge is 0.125 e. The first-order chi connectivity index (χ1) is 8.96. The lowest BCUT2D eigenvalue weighted by molar-refractivity contribution is 0.179. The summed E-state index contributed by atoms with van der Waals surface area (Å²) in [7, 11) is 0. The van der Waals surface area contributed by atoms with Gasteiger partial charge in [-0.25, -0.2) is 0 Å². The molecule has 1 aromatic rings. The van der Waals surface area contributed by atoms with Crippen molar-refractivity contribution in [1.29, 1.82) is 0 Å². The minimum Gasteiger partial charge on any atom is -0.493 e. The molecule has 1 aromatic carbocycles. The van der Waals surface area contributed by atoms with Crippen molar-refractivity contribution in [2.24, 2.45) is 5.92 Å². The van der Waals surface area contributed by atoms with Gasteiger partial charge in [0.1, 0.15) is 5.75 Å². The Morgan fingerprint density at radius 1 is 1.32 bits per heavy atom. The van der Waals surface area contributed by atoms with Crippen LogP contribution >= 0.6 is 11.6 Å². The van der Waals surface area contributed by atoms with Gasteiger partial charge < -0.3 is 10.1 Å². The van der Waals surface area contributed by atoms with Gasteiger partial charge in [-0.2, -0.15) is 0 Å². The molecule has 1 fully saturated rings. The zero-order chi connectivity index (χ0) is 13.9. The normalized spacial score (nSPS) is 16.2. The number of ether oxygens (including phenoxy) is 1. The van der Waals surface area contributed by atoms with E-state index in [4.69, 9.17) is 16.3 Å². The molecule has 0 unspecified atom stereocenters. The predicted molar refractivity (Wildman–Crippen MR) is 80.9 cm³/mol. The highest BCUT2D eigenvalue weighted by molar-refractivity contribution is 6.31. The molecule has 0 radical (unpaired) electrons. The molecule has 0 heterocycles. The van der Waals surface area contributed by atoms with Gasteiger partial charge in [-0.3, -0.25) is 0 Å². The fourth-order valence-corrected chi connectivity index (χ4v) is 2.30. The number of benzene rings is 1. The third kappa shape index (κ3) is 4.39. The second-order valence-electron chi connectivity index (χ2n) is 6.43. The van der Waals surface area contributed by atoms with Crippen molar-refractivity contribution in [2.45, 2.75) is 52.1 Å². The first kappa shape index (κ1) is 14.7. The van der Waals surface area contributed by atoms with E-state index in [2.05, 4.69) is 26.1 Å². The largest absolute Gasteiger partial charge is 0.493 e. The Bertz CT molecular complexity index is 421. The molecule has 1 N–H and O–H groups in total. The van der Waals surface area contributed by atoms with Crippen molar-refractivity contribution in [3.05, 3.63) is 28.8 Å². The topological polar surface area (TPSA) is 21.3 Å². The molecule has 1 aliphatic rings. The van der Waals surface area contributed by atoms with Gasteiger partial charge in [0.2, 0.25) is 0 Å². The van der Waals surface area contributed by atoms with E-state index in [-0.39, 0.29) is 5.54 Å². The van der Waals surface area contributed by atoms with E-state index in [1.165, 1.54) is 19.3 Å². The maximum atomic E-state index is 6.30. The molecule has 0 aromatic heterocycles. The van der Waals surface area contributed by atoms with Gasteiger partial charge in [0.15, 0.2) is 0 Å². The average molecular weight is 282 g/mol. The lowest BCUT2D eigenvalue weighted by Crippen LogP contribution is -2.35. The SMILES string of the molecule is CC(C)(C)NCc1c(Cl)cccc1OCC1CCC1. The van der Waals surface area contributed by atoms with Crippen molar-refractivity contribution < 1.29 is 4.74 Å². The quantitative estimate of drug-likeness (QED) is 0.863. The lowest BCUT2D eigenvalue weighted by Gasteiger charge is -2.26. The van der Waals surface area contributed by atoms with Crippen LogP contribution in [-0.2, 0) is 6.54 Å². The summed E-state index contributed by atoms with van der Waals surface area (Å²) in [6.45, 7) is 8.02. The zero-order valence-corrected chi connectivity index (χ0v) is 12.9. The molecule has 0 spiro atoms. The van der Waals surface area contributed by atoms with Gasteiger partial charge in [-0.05, 0) is 51.7 Å². The monoisotopic (exact) mass is 281 g/mol. The van der Waals surface area contributed by atoms with E-state index in [1.54, 1.807) is 0 Å². The molecule has 2 nitrogen and oxygen atoms in total. The molecule has 0 saturated heterocycles. The van der Waals surface area contributed by atoms with Gasteiger partial charge in [-0.1, -0.05) is 24.1 Å². The van der Waals surface area contributed by atoms with Gasteiger partial charge in [-0.15, -0.1) is 0 Å². The van der Waals surface area contributed by atoms with E-state index in [9.17, 15) is 0 Å². The Morgan fingerprint density at radius 2 is 2.05 bits per heavy atom. The van der Waals surface area contributed by atoms with Crippen LogP contribution in [0.5, 0.6) is 5.75 Å². The summed E-state index contributed by atoms with van der Waals surface area (Å²) < 4.78 is 5.96. The molecule has 19 heavy (non-hydrogen) atoms. The van der Waals surface area contributed by atoms with E-state index in [0.717, 1.165) is 35.4 Å². The molecule has 106 valence electrons. The number of halogens is 1. The molecule has 2 rings (SSSR count). The summed E-state index contributed by atoms with van der Waals surface area (Å²) in [5.41, 5.74) is 1.14. The Morgan fingerprint density at radius 3 is 2.63 bits per heavy atom. The van der Waals surface area contributed by atoms with Crippen LogP contribution in [0.25, 0.3) is 0 Å². The van der Waals surface area contributed by atoms with Gasteiger partial charge in [0.25, 0.3) is 0 Å². The van der Waals surface area contributed by atoms with Crippen LogP contribution in [0, 0.1) is 5.92 Å². The Labute approximate surface area is 121 Å². The lowest BCUT2D eigenvalue weighted by atomic mass is 9.86. The van der Waals surface area contributed by atoms with Crippen LogP contribution in [0.4, 0.5) is 0 Å². The first-order valence-corrected chi connectivity index (χ1v) is 7.49. The van der Waals surface area contributed by atoms with E-state index in [1.807, 2.05) is 18.2 Å². The Kier molecular flexibility index (Phi) is 4.75. The Balaban J connectivity index is 2.01. The average Bonchev–Trinajstić information content (AvgIpc) is 2.24. The summed E-state index contributed by atoms with van der Waals surface area (Å²) in [6.07, 6.45) is 3.95. The predicted octanol–water partition coefficient (Wildman–Crippen LogP) is 4.41. The summed E-state index contributed by atoms with van der Waals surface area (Å²) in [4.78, 5) is 0. The molecule has 3 heteroatoms. The second-order valence-corrected chi connectivity index (χ2v) is 6.84. The number of rotatable bonds is 5. The molecular weight excluding hydrogens is 258 g/mol. The summed E-state index contributed by atoms with van der Waals surface area (Å²) in [6, 6.07) is 5.90. The second kappa shape index (κ2) is 6.15. The van der Waals surface area contributed by atoms with E-state index in [0.29, 0.717) is 0 Å². The molecule has 0 aliphatic heterocycles. The summed E-state index contributed by atoms with van der Waals surface area (Å²) in [5.74, 6) is 1.67. The highest BCUT2D eigenvalue weighted by Crippen LogP contribution is 2.30. The summed E-state index contributed by atoms with van der Waals surface area (Å²) >= 11 is 6.30. The minimum absolute atomic E-state index is 0.0738. The third-order valence-corrected chi connectivity index (χ3v) is 3.92. The van der Waals surface area contributed by atoms with Gasteiger partial charge in [0.05, 0.1) is 6.61 Å². The molecule has 0 amide bonds. The van der Waals surface area contributed by atoms with E-state index >= 15 is 0 Å². The Hall–Kier alpha value is -0.730. The summed E-state index contributed by atoms with van der Waals surface area (Å²) in [5, 5.41) is 4.25. The highest BCUT2D eigenvalue weighted by Gasteiger charge is 2.19. The van der Waals surface area contributed by atoms with Crippen LogP contribution in [0.1, 0.15) is 45.6 Å².